The zero-order valence-electron chi connectivity index (χ0n) is 12.6. The van der Waals surface area contributed by atoms with Gasteiger partial charge in [0.1, 0.15) is 0 Å². The van der Waals surface area contributed by atoms with Crippen molar-refractivity contribution in [3.63, 3.8) is 0 Å². The van der Waals surface area contributed by atoms with Crippen LogP contribution in [0.1, 0.15) is 39.0 Å². The average molecular weight is 300 g/mol. The summed E-state index contributed by atoms with van der Waals surface area (Å²) in [7, 11) is 1.27. The quantitative estimate of drug-likeness (QED) is 0.597. The molecule has 0 aromatic heterocycles. The Kier molecular flexibility index (Phi) is 7.14. The van der Waals surface area contributed by atoms with E-state index in [1.165, 1.54) is 7.11 Å². The third kappa shape index (κ3) is 6.12. The molecule has 0 bridgehead atoms. The van der Waals surface area contributed by atoms with Gasteiger partial charge in [-0.3, -0.25) is 9.59 Å². The third-order valence-corrected chi connectivity index (χ3v) is 3.65. The fourth-order valence-corrected chi connectivity index (χ4v) is 2.43. The van der Waals surface area contributed by atoms with Gasteiger partial charge in [-0.15, -0.1) is 0 Å². The average Bonchev–Trinajstić information content (AvgIpc) is 2.92. The maximum Gasteiger partial charge on any atom is 0.334 e. The number of methoxy groups -OCH3 is 1. The standard InChI is InChI=1S/C14H24N2O5/c1-9(16-13(18)10-5-3-4-6-10)7-12(17)15-8-11(21-2)14(19)20/h9-11H,3-8H2,1-2H3,(H,15,17)(H,16,18)(H,19,20). The first-order chi connectivity index (χ1) is 9.93. The highest BCUT2D eigenvalue weighted by Crippen LogP contribution is 2.24. The van der Waals surface area contributed by atoms with Crippen LogP contribution in [0.4, 0.5) is 0 Å². The fraction of sp³-hybridized carbons (Fsp3) is 0.786. The van der Waals surface area contributed by atoms with Crippen molar-refractivity contribution >= 4 is 17.8 Å². The second-order valence-electron chi connectivity index (χ2n) is 5.46. The molecule has 2 amide bonds. The Labute approximate surface area is 124 Å². The molecule has 0 spiro atoms. The smallest absolute Gasteiger partial charge is 0.334 e. The number of aliphatic carboxylic acids is 1. The van der Waals surface area contributed by atoms with Crippen LogP contribution < -0.4 is 10.6 Å². The predicted octanol–water partition coefficient (Wildman–Crippen LogP) is 0.287. The largest absolute Gasteiger partial charge is 0.479 e. The van der Waals surface area contributed by atoms with Crippen LogP contribution in [0.25, 0.3) is 0 Å². The van der Waals surface area contributed by atoms with Crippen LogP contribution in [-0.4, -0.2) is 48.7 Å². The molecule has 2 unspecified atom stereocenters. The lowest BCUT2D eigenvalue weighted by molar-refractivity contribution is -0.148. The van der Waals surface area contributed by atoms with E-state index in [0.717, 1.165) is 25.7 Å². The molecular formula is C14H24N2O5. The van der Waals surface area contributed by atoms with Crippen molar-refractivity contribution in [1.82, 2.24) is 10.6 Å². The highest BCUT2D eigenvalue weighted by molar-refractivity contribution is 5.81. The molecule has 1 aliphatic rings. The molecule has 7 heteroatoms. The van der Waals surface area contributed by atoms with Crippen LogP contribution in [0.2, 0.25) is 0 Å². The Morgan fingerprint density at radius 2 is 1.90 bits per heavy atom. The first-order valence-electron chi connectivity index (χ1n) is 7.26. The second kappa shape index (κ2) is 8.61. The summed E-state index contributed by atoms with van der Waals surface area (Å²) in [6.07, 6.45) is 3.06. The van der Waals surface area contributed by atoms with Crippen LogP contribution >= 0.6 is 0 Å². The van der Waals surface area contributed by atoms with Crippen LogP contribution in [0, 0.1) is 5.92 Å². The number of hydrogen-bond acceptors (Lipinski definition) is 4. The lowest BCUT2D eigenvalue weighted by Gasteiger charge is -2.17. The zero-order valence-corrected chi connectivity index (χ0v) is 12.6. The van der Waals surface area contributed by atoms with Crippen molar-refractivity contribution in [2.24, 2.45) is 5.92 Å². The molecule has 0 saturated heterocycles. The van der Waals surface area contributed by atoms with E-state index in [1.807, 2.05) is 0 Å². The number of carbonyl (C=O) groups excluding carboxylic acids is 2. The van der Waals surface area contributed by atoms with Crippen molar-refractivity contribution in [2.75, 3.05) is 13.7 Å². The maximum absolute atomic E-state index is 11.9. The fourth-order valence-electron chi connectivity index (χ4n) is 2.43. The number of carbonyl (C=O) groups is 3. The van der Waals surface area contributed by atoms with Gasteiger partial charge in [0.25, 0.3) is 0 Å². The number of rotatable bonds is 8. The number of nitrogens with one attached hydrogen (secondary N) is 2. The molecule has 2 atom stereocenters. The number of carboxylic acid groups (broad SMARTS) is 1. The van der Waals surface area contributed by atoms with E-state index in [1.54, 1.807) is 6.92 Å². The van der Waals surface area contributed by atoms with E-state index in [4.69, 9.17) is 9.84 Å². The normalized spacial score (nSPS) is 18.0. The molecule has 0 radical (unpaired) electrons. The Balaban J connectivity index is 2.26. The van der Waals surface area contributed by atoms with Gasteiger partial charge in [0, 0.05) is 25.5 Å². The molecule has 0 aliphatic heterocycles. The van der Waals surface area contributed by atoms with Crippen molar-refractivity contribution in [2.45, 2.75) is 51.2 Å². The first-order valence-corrected chi connectivity index (χ1v) is 7.26. The summed E-state index contributed by atoms with van der Waals surface area (Å²) in [6.45, 7) is 1.67. The summed E-state index contributed by atoms with van der Waals surface area (Å²) < 4.78 is 4.72. The zero-order chi connectivity index (χ0) is 15.8. The molecule has 1 aliphatic carbocycles. The van der Waals surface area contributed by atoms with Crippen LogP contribution in [0.5, 0.6) is 0 Å². The number of carboxylic acids is 1. The molecule has 1 saturated carbocycles. The number of amides is 2. The Hall–Kier alpha value is -1.63. The molecule has 0 aromatic rings. The summed E-state index contributed by atoms with van der Waals surface area (Å²) in [5, 5.41) is 14.1. The minimum Gasteiger partial charge on any atom is -0.479 e. The highest BCUT2D eigenvalue weighted by Gasteiger charge is 2.24. The van der Waals surface area contributed by atoms with Crippen LogP contribution in [0.3, 0.4) is 0 Å². The molecular weight excluding hydrogens is 276 g/mol. The predicted molar refractivity (Wildman–Crippen MR) is 75.6 cm³/mol. The molecule has 21 heavy (non-hydrogen) atoms. The van der Waals surface area contributed by atoms with Crippen molar-refractivity contribution in [3.05, 3.63) is 0 Å². The molecule has 0 aromatic carbocycles. The topological polar surface area (TPSA) is 105 Å². The Morgan fingerprint density at radius 3 is 2.43 bits per heavy atom. The van der Waals surface area contributed by atoms with Gasteiger partial charge >= 0.3 is 5.97 Å². The van der Waals surface area contributed by atoms with Crippen molar-refractivity contribution < 1.29 is 24.2 Å². The van der Waals surface area contributed by atoms with Crippen molar-refractivity contribution in [1.29, 1.82) is 0 Å². The van der Waals surface area contributed by atoms with Gasteiger partial charge < -0.3 is 20.5 Å². The second-order valence-corrected chi connectivity index (χ2v) is 5.46. The minimum atomic E-state index is -1.12. The molecule has 120 valence electrons. The van der Waals surface area contributed by atoms with Crippen molar-refractivity contribution in [3.8, 4) is 0 Å². The summed E-state index contributed by atoms with van der Waals surface area (Å²) >= 11 is 0. The molecule has 1 rings (SSSR count). The van der Waals surface area contributed by atoms with E-state index in [0.29, 0.717) is 0 Å². The maximum atomic E-state index is 11.9. The Morgan fingerprint density at radius 1 is 1.29 bits per heavy atom. The summed E-state index contributed by atoms with van der Waals surface area (Å²) in [5.41, 5.74) is 0. The van der Waals surface area contributed by atoms with Gasteiger partial charge in [-0.1, -0.05) is 12.8 Å². The van der Waals surface area contributed by atoms with E-state index < -0.39 is 12.1 Å². The van der Waals surface area contributed by atoms with Gasteiger partial charge in [0.05, 0.1) is 6.54 Å². The Bertz CT molecular complexity index is 380. The van der Waals surface area contributed by atoms with Gasteiger partial charge in [-0.25, -0.2) is 4.79 Å². The monoisotopic (exact) mass is 300 g/mol. The van der Waals surface area contributed by atoms with Gasteiger partial charge in [0.15, 0.2) is 6.10 Å². The molecule has 7 nitrogen and oxygen atoms in total. The molecule has 0 heterocycles. The lowest BCUT2D eigenvalue weighted by Crippen LogP contribution is -2.42. The lowest BCUT2D eigenvalue weighted by atomic mass is 10.1. The summed E-state index contributed by atoms with van der Waals surface area (Å²) in [4.78, 5) is 34.3. The van der Waals surface area contributed by atoms with E-state index >= 15 is 0 Å². The third-order valence-electron chi connectivity index (χ3n) is 3.65. The van der Waals surface area contributed by atoms with Gasteiger partial charge in [0.2, 0.25) is 11.8 Å². The SMILES string of the molecule is COC(CNC(=O)CC(C)NC(=O)C1CCCC1)C(=O)O. The molecule has 3 N–H and O–H groups in total. The highest BCUT2D eigenvalue weighted by atomic mass is 16.5. The van der Waals surface area contributed by atoms with Crippen LogP contribution in [-0.2, 0) is 19.1 Å². The summed E-state index contributed by atoms with van der Waals surface area (Å²) in [5.74, 6) is -1.36. The number of hydrogen-bond donors (Lipinski definition) is 3. The van der Waals surface area contributed by atoms with E-state index in [-0.39, 0.29) is 36.7 Å². The first kappa shape index (κ1) is 17.4. The van der Waals surface area contributed by atoms with E-state index in [2.05, 4.69) is 10.6 Å². The van der Waals surface area contributed by atoms with Gasteiger partial charge in [-0.2, -0.15) is 0 Å². The van der Waals surface area contributed by atoms with Gasteiger partial charge in [-0.05, 0) is 19.8 Å². The van der Waals surface area contributed by atoms with Crippen LogP contribution in [0.15, 0.2) is 0 Å². The minimum absolute atomic E-state index is 0.00750. The molecule has 1 fully saturated rings. The number of ether oxygens (including phenoxy) is 1. The van der Waals surface area contributed by atoms with E-state index in [9.17, 15) is 14.4 Å². The summed E-state index contributed by atoms with van der Waals surface area (Å²) in [6, 6.07) is -0.274.